The lowest BCUT2D eigenvalue weighted by molar-refractivity contribution is 0.695. The monoisotopic (exact) mass is 209 g/mol. The SMILES string of the molecule is C=Cn1c2c(c3ccccc31)C=CC(C)C2. The second-order valence-corrected chi connectivity index (χ2v) is 4.47. The van der Waals surface area contributed by atoms with Gasteiger partial charge in [-0.05, 0) is 18.4 Å². The van der Waals surface area contributed by atoms with Gasteiger partial charge in [0, 0.05) is 22.8 Å². The molecule has 0 saturated heterocycles. The molecule has 1 heterocycles. The van der Waals surface area contributed by atoms with Crippen LogP contribution in [0.1, 0.15) is 18.2 Å². The Kier molecular flexibility index (Phi) is 2.00. The summed E-state index contributed by atoms with van der Waals surface area (Å²) in [7, 11) is 0. The Hall–Kier alpha value is -1.76. The number of rotatable bonds is 1. The number of fused-ring (bicyclic) bond motifs is 3. The zero-order valence-corrected chi connectivity index (χ0v) is 9.48. The van der Waals surface area contributed by atoms with Gasteiger partial charge in [-0.1, -0.05) is 43.9 Å². The van der Waals surface area contributed by atoms with Crippen LogP contribution in [0.15, 0.2) is 36.9 Å². The van der Waals surface area contributed by atoms with Gasteiger partial charge in [0.1, 0.15) is 0 Å². The van der Waals surface area contributed by atoms with Gasteiger partial charge < -0.3 is 4.57 Å². The fourth-order valence-corrected chi connectivity index (χ4v) is 2.58. The van der Waals surface area contributed by atoms with Crippen LogP contribution in [0.25, 0.3) is 23.2 Å². The molecule has 1 heteroatoms. The van der Waals surface area contributed by atoms with E-state index in [0.717, 1.165) is 6.42 Å². The Bertz CT molecular complexity index is 587. The first-order chi connectivity index (χ1) is 7.81. The van der Waals surface area contributed by atoms with Crippen molar-refractivity contribution in [3.63, 3.8) is 0 Å². The van der Waals surface area contributed by atoms with Crippen LogP contribution in [0.2, 0.25) is 0 Å². The summed E-state index contributed by atoms with van der Waals surface area (Å²) < 4.78 is 2.23. The molecule has 1 atom stereocenters. The summed E-state index contributed by atoms with van der Waals surface area (Å²) >= 11 is 0. The fraction of sp³-hybridized carbons (Fsp3) is 0.200. The molecular formula is C15H15N. The van der Waals surface area contributed by atoms with Crippen molar-refractivity contribution in [1.29, 1.82) is 0 Å². The third-order valence-electron chi connectivity index (χ3n) is 3.34. The summed E-state index contributed by atoms with van der Waals surface area (Å²) in [5.41, 5.74) is 4.03. The molecule has 0 radical (unpaired) electrons. The van der Waals surface area contributed by atoms with Gasteiger partial charge in [-0.3, -0.25) is 0 Å². The molecule has 3 rings (SSSR count). The minimum atomic E-state index is 0.621. The summed E-state index contributed by atoms with van der Waals surface area (Å²) in [4.78, 5) is 0. The highest BCUT2D eigenvalue weighted by molar-refractivity contribution is 5.93. The molecule has 0 fully saturated rings. The van der Waals surface area contributed by atoms with Crippen LogP contribution in [0, 0.1) is 5.92 Å². The van der Waals surface area contributed by atoms with Gasteiger partial charge in [0.2, 0.25) is 0 Å². The maximum Gasteiger partial charge on any atom is 0.0531 e. The highest BCUT2D eigenvalue weighted by Gasteiger charge is 2.18. The molecule has 0 N–H and O–H groups in total. The number of nitrogens with zero attached hydrogens (tertiary/aromatic N) is 1. The highest BCUT2D eigenvalue weighted by Crippen LogP contribution is 2.32. The van der Waals surface area contributed by atoms with Gasteiger partial charge in [-0.15, -0.1) is 0 Å². The van der Waals surface area contributed by atoms with E-state index in [0.29, 0.717) is 5.92 Å². The van der Waals surface area contributed by atoms with E-state index in [-0.39, 0.29) is 0 Å². The largest absolute Gasteiger partial charge is 0.320 e. The van der Waals surface area contributed by atoms with Crippen LogP contribution in [0.4, 0.5) is 0 Å². The Morgan fingerprint density at radius 3 is 3.00 bits per heavy atom. The number of hydrogen-bond acceptors (Lipinski definition) is 0. The van der Waals surface area contributed by atoms with Gasteiger partial charge in [0.15, 0.2) is 0 Å². The van der Waals surface area contributed by atoms with Crippen LogP contribution >= 0.6 is 0 Å². The number of para-hydroxylation sites is 1. The molecule has 0 spiro atoms. The fourth-order valence-electron chi connectivity index (χ4n) is 2.58. The van der Waals surface area contributed by atoms with E-state index in [2.05, 4.69) is 54.5 Å². The molecule has 16 heavy (non-hydrogen) atoms. The molecule has 0 amide bonds. The Balaban J connectivity index is 2.41. The molecule has 2 aromatic rings. The predicted molar refractivity (Wildman–Crippen MR) is 70.2 cm³/mol. The van der Waals surface area contributed by atoms with Crippen molar-refractivity contribution < 1.29 is 0 Å². The molecule has 80 valence electrons. The second kappa shape index (κ2) is 3.38. The minimum Gasteiger partial charge on any atom is -0.320 e. The van der Waals surface area contributed by atoms with Crippen molar-refractivity contribution in [2.75, 3.05) is 0 Å². The van der Waals surface area contributed by atoms with Gasteiger partial charge >= 0.3 is 0 Å². The zero-order chi connectivity index (χ0) is 11.1. The molecule has 1 aliphatic rings. The molecule has 1 nitrogen and oxygen atoms in total. The maximum atomic E-state index is 3.93. The van der Waals surface area contributed by atoms with Crippen molar-refractivity contribution >= 4 is 23.2 Å². The van der Waals surface area contributed by atoms with E-state index in [9.17, 15) is 0 Å². The first-order valence-corrected chi connectivity index (χ1v) is 5.74. The lowest BCUT2D eigenvalue weighted by atomic mass is 9.95. The van der Waals surface area contributed by atoms with Crippen molar-refractivity contribution in [2.24, 2.45) is 5.92 Å². The normalized spacial score (nSPS) is 18.7. The van der Waals surface area contributed by atoms with E-state index in [4.69, 9.17) is 0 Å². The Labute approximate surface area is 95.7 Å². The maximum absolute atomic E-state index is 3.93. The Morgan fingerprint density at radius 1 is 1.38 bits per heavy atom. The first kappa shape index (κ1) is 9.46. The van der Waals surface area contributed by atoms with E-state index in [1.54, 1.807) is 0 Å². The van der Waals surface area contributed by atoms with Crippen LogP contribution < -0.4 is 0 Å². The number of allylic oxidation sites excluding steroid dienone is 1. The summed E-state index contributed by atoms with van der Waals surface area (Å²) in [6.45, 7) is 6.18. The summed E-state index contributed by atoms with van der Waals surface area (Å²) in [6.07, 6.45) is 7.58. The quantitative estimate of drug-likeness (QED) is 0.670. The van der Waals surface area contributed by atoms with Crippen molar-refractivity contribution in [1.82, 2.24) is 4.57 Å². The highest BCUT2D eigenvalue weighted by atomic mass is 15.0. The molecule has 1 aliphatic carbocycles. The van der Waals surface area contributed by atoms with Crippen molar-refractivity contribution in [3.8, 4) is 0 Å². The predicted octanol–water partition coefficient (Wildman–Crippen LogP) is 3.95. The molecule has 1 aromatic carbocycles. The summed E-state index contributed by atoms with van der Waals surface area (Å²) in [6, 6.07) is 8.53. The average Bonchev–Trinajstić information content (AvgIpc) is 2.61. The minimum absolute atomic E-state index is 0.621. The van der Waals surface area contributed by atoms with Gasteiger partial charge in [-0.2, -0.15) is 0 Å². The molecule has 0 bridgehead atoms. The molecule has 0 saturated carbocycles. The van der Waals surface area contributed by atoms with Gasteiger partial charge in [-0.25, -0.2) is 0 Å². The van der Waals surface area contributed by atoms with E-state index in [1.165, 1.54) is 22.2 Å². The van der Waals surface area contributed by atoms with E-state index >= 15 is 0 Å². The number of hydrogen-bond donors (Lipinski definition) is 0. The Morgan fingerprint density at radius 2 is 2.19 bits per heavy atom. The second-order valence-electron chi connectivity index (χ2n) is 4.47. The topological polar surface area (TPSA) is 4.93 Å². The molecule has 0 aliphatic heterocycles. The van der Waals surface area contributed by atoms with Crippen LogP contribution in [-0.2, 0) is 6.42 Å². The average molecular weight is 209 g/mol. The third-order valence-corrected chi connectivity index (χ3v) is 3.34. The van der Waals surface area contributed by atoms with Crippen LogP contribution in [0.5, 0.6) is 0 Å². The number of aromatic nitrogens is 1. The third kappa shape index (κ3) is 1.18. The van der Waals surface area contributed by atoms with Gasteiger partial charge in [0.05, 0.1) is 5.52 Å². The smallest absolute Gasteiger partial charge is 0.0531 e. The van der Waals surface area contributed by atoms with Crippen LogP contribution in [-0.4, -0.2) is 4.57 Å². The zero-order valence-electron chi connectivity index (χ0n) is 9.48. The van der Waals surface area contributed by atoms with Crippen molar-refractivity contribution in [3.05, 3.63) is 48.2 Å². The lowest BCUT2D eigenvalue weighted by Crippen LogP contribution is -2.05. The molecular weight excluding hydrogens is 194 g/mol. The number of benzene rings is 1. The van der Waals surface area contributed by atoms with E-state index < -0.39 is 0 Å². The van der Waals surface area contributed by atoms with E-state index in [1.807, 2.05) is 6.20 Å². The van der Waals surface area contributed by atoms with Crippen LogP contribution in [0.3, 0.4) is 0 Å². The first-order valence-electron chi connectivity index (χ1n) is 5.74. The summed E-state index contributed by atoms with van der Waals surface area (Å²) in [5.74, 6) is 0.621. The van der Waals surface area contributed by atoms with Crippen molar-refractivity contribution in [2.45, 2.75) is 13.3 Å². The standard InChI is InChI=1S/C15H15N/c1-3-16-14-7-5-4-6-12(14)13-9-8-11(2)10-15(13)16/h3-9,11H,1,10H2,2H3. The molecule has 1 unspecified atom stereocenters. The lowest BCUT2D eigenvalue weighted by Gasteiger charge is -2.14. The van der Waals surface area contributed by atoms with Gasteiger partial charge in [0.25, 0.3) is 0 Å². The molecule has 1 aromatic heterocycles. The summed E-state index contributed by atoms with van der Waals surface area (Å²) in [5, 5.41) is 1.33.